The van der Waals surface area contributed by atoms with Crippen LogP contribution in [0.5, 0.6) is 11.5 Å². The molecule has 68 heavy (non-hydrogen) atoms. The molecule has 0 atom stereocenters. The number of pyridine rings is 2. The van der Waals surface area contributed by atoms with Gasteiger partial charge in [0, 0.05) is 46.0 Å². The van der Waals surface area contributed by atoms with Crippen molar-refractivity contribution in [2.24, 2.45) is 0 Å². The number of rotatable bonds is 13. The van der Waals surface area contributed by atoms with E-state index in [-0.39, 0.29) is 24.0 Å². The van der Waals surface area contributed by atoms with E-state index in [9.17, 15) is 9.59 Å². The molecule has 0 unspecified atom stereocenters. The van der Waals surface area contributed by atoms with Crippen molar-refractivity contribution in [2.45, 2.75) is 48.7 Å². The number of carbonyl (C=O) groups excluding carboxylic acids is 2. The Hall–Kier alpha value is -6.02. The van der Waals surface area contributed by atoms with E-state index < -0.39 is 10.8 Å². The zero-order valence-corrected chi connectivity index (χ0v) is 38.6. The van der Waals surface area contributed by atoms with Crippen LogP contribution in [0.1, 0.15) is 36.8 Å². The number of fused-ring (bicyclic) bond motifs is 6. The van der Waals surface area contributed by atoms with E-state index in [1.807, 2.05) is 48.5 Å². The largest absolute Gasteiger partial charge is 0.491 e. The summed E-state index contributed by atoms with van der Waals surface area (Å²) in [6, 6.07) is 15.1. The van der Waals surface area contributed by atoms with Crippen LogP contribution in [0.3, 0.4) is 0 Å². The molecule has 2 spiro atoms. The molecule has 10 heterocycles. The number of ether oxygens (including phenoxy) is 2. The highest BCUT2D eigenvalue weighted by Gasteiger charge is 2.50. The first-order valence-corrected chi connectivity index (χ1v) is 23.9. The lowest BCUT2D eigenvalue weighted by Crippen LogP contribution is -2.56. The normalized spacial score (nSPS) is 20.1. The standard InChI is InChI=1S/C48H48Cl2N12O6/c49-30-1-3-38-36(18-30)47(45(63)56-38)5-9-59(10-6-47)13-15-65-32-17-29-21-55-58-44(41(29)51-22-32)62-26-35(27-62)68-67-34-24-61(25-34)43-42-40(53-28-54-43)20-33(23-52-42)66-16-14-60-11-7-48(8-12-60)37-19-31(50)2-4-39(37)57-46(48)64/h1-4,17-23,28,34-35H,5-16,24-27H2,(H,56,63)(H,57,64). The number of halogens is 2. The first-order chi connectivity index (χ1) is 33.2. The van der Waals surface area contributed by atoms with Gasteiger partial charge in [-0.05, 0) is 105 Å². The lowest BCUT2D eigenvalue weighted by atomic mass is 9.73. The van der Waals surface area contributed by atoms with Gasteiger partial charge >= 0.3 is 0 Å². The van der Waals surface area contributed by atoms with Crippen molar-refractivity contribution in [1.29, 1.82) is 0 Å². The van der Waals surface area contributed by atoms with E-state index in [0.29, 0.717) is 77.8 Å². The number of amides is 2. The van der Waals surface area contributed by atoms with Gasteiger partial charge in [-0.2, -0.15) is 5.10 Å². The number of hydrogen-bond acceptors (Lipinski definition) is 16. The van der Waals surface area contributed by atoms with Crippen molar-refractivity contribution >= 4 is 80.0 Å². The minimum Gasteiger partial charge on any atom is -0.491 e. The van der Waals surface area contributed by atoms with E-state index in [4.69, 9.17) is 52.4 Å². The lowest BCUT2D eigenvalue weighted by molar-refractivity contribution is -0.356. The minimum absolute atomic E-state index is 0.0668. The average Bonchev–Trinajstić information content (AvgIpc) is 3.74. The third-order valence-corrected chi connectivity index (χ3v) is 15.1. The van der Waals surface area contributed by atoms with Crippen LogP contribution < -0.4 is 29.9 Å². The first-order valence-electron chi connectivity index (χ1n) is 23.2. The van der Waals surface area contributed by atoms with E-state index in [1.54, 1.807) is 24.9 Å². The molecule has 4 saturated heterocycles. The van der Waals surface area contributed by atoms with Crippen molar-refractivity contribution in [2.75, 3.05) is 99.1 Å². The Morgan fingerprint density at radius 1 is 0.618 bits per heavy atom. The van der Waals surface area contributed by atoms with Crippen LogP contribution in [0.25, 0.3) is 21.9 Å². The SMILES string of the molecule is O=C1Nc2ccc(Cl)cc2C12CCN(CCOc1cnc3c(N4CC(OOC5CN(c6ncnc7cc(OCCN8CCC9(CC8)C(=O)Nc8ccc(Cl)cc89)cnc67)C5)C4)nncc3c1)CC2. The second kappa shape index (κ2) is 17.5. The zero-order valence-electron chi connectivity index (χ0n) is 37.1. The monoisotopic (exact) mass is 958 g/mol. The highest BCUT2D eigenvalue weighted by Crippen LogP contribution is 2.47. The molecule has 0 aliphatic carbocycles. The summed E-state index contributed by atoms with van der Waals surface area (Å²) in [7, 11) is 0. The molecule has 4 fully saturated rings. The summed E-state index contributed by atoms with van der Waals surface area (Å²) < 4.78 is 12.3. The number of aromatic nitrogens is 6. The number of nitrogens with one attached hydrogen (secondary N) is 2. The maximum Gasteiger partial charge on any atom is 0.235 e. The van der Waals surface area contributed by atoms with Crippen molar-refractivity contribution < 1.29 is 28.8 Å². The second-order valence-electron chi connectivity index (χ2n) is 18.6. The van der Waals surface area contributed by atoms with Gasteiger partial charge in [0.25, 0.3) is 0 Å². The Balaban J connectivity index is 0.570. The predicted octanol–water partition coefficient (Wildman–Crippen LogP) is 5.42. The fourth-order valence-corrected chi connectivity index (χ4v) is 11.0. The molecule has 2 amide bonds. The number of piperidine rings is 2. The zero-order chi connectivity index (χ0) is 46.0. The molecule has 4 aromatic heterocycles. The summed E-state index contributed by atoms with van der Waals surface area (Å²) in [6.07, 6.45) is 9.39. The number of carbonyl (C=O) groups is 2. The number of likely N-dealkylation sites (tertiary alicyclic amines) is 2. The van der Waals surface area contributed by atoms with Gasteiger partial charge in [-0.1, -0.05) is 23.2 Å². The van der Waals surface area contributed by atoms with Gasteiger partial charge in [-0.3, -0.25) is 19.4 Å². The van der Waals surface area contributed by atoms with Crippen LogP contribution in [-0.4, -0.2) is 143 Å². The molecule has 6 aliphatic heterocycles. The van der Waals surface area contributed by atoms with Gasteiger partial charge in [0.2, 0.25) is 11.8 Å². The van der Waals surface area contributed by atoms with Crippen molar-refractivity contribution in [3.8, 4) is 11.5 Å². The summed E-state index contributed by atoms with van der Waals surface area (Å²) in [5, 5.41) is 16.9. The average molecular weight is 960 g/mol. The molecule has 0 saturated carbocycles. The fourth-order valence-electron chi connectivity index (χ4n) is 10.6. The Morgan fingerprint density at radius 3 is 1.72 bits per heavy atom. The number of benzene rings is 2. The molecule has 18 nitrogen and oxygen atoms in total. The van der Waals surface area contributed by atoms with Gasteiger partial charge in [0.1, 0.15) is 54.3 Å². The van der Waals surface area contributed by atoms with Gasteiger partial charge in [0.15, 0.2) is 11.6 Å². The molecule has 2 aromatic carbocycles. The number of nitrogens with zero attached hydrogens (tertiary/aromatic N) is 10. The highest BCUT2D eigenvalue weighted by atomic mass is 35.5. The molecule has 20 heteroatoms. The maximum atomic E-state index is 13.0. The third-order valence-electron chi connectivity index (χ3n) is 14.6. The van der Waals surface area contributed by atoms with Crippen LogP contribution in [0, 0.1) is 0 Å². The third kappa shape index (κ3) is 7.86. The second-order valence-corrected chi connectivity index (χ2v) is 19.5. The Kier molecular flexibility index (Phi) is 11.1. The summed E-state index contributed by atoms with van der Waals surface area (Å²) in [4.78, 5) is 65.1. The lowest BCUT2D eigenvalue weighted by Gasteiger charge is -2.42. The van der Waals surface area contributed by atoms with Crippen molar-refractivity contribution in [3.63, 3.8) is 0 Å². The van der Waals surface area contributed by atoms with Crippen LogP contribution in [-0.2, 0) is 30.2 Å². The van der Waals surface area contributed by atoms with Gasteiger partial charge in [-0.25, -0.2) is 29.7 Å². The molecule has 2 N–H and O–H groups in total. The maximum absolute atomic E-state index is 13.0. The van der Waals surface area contributed by atoms with Crippen LogP contribution in [0.2, 0.25) is 10.0 Å². The van der Waals surface area contributed by atoms with Gasteiger partial charge in [0.05, 0.1) is 61.1 Å². The Labute approximate surface area is 401 Å². The molecule has 6 aliphatic rings. The van der Waals surface area contributed by atoms with E-state index in [1.165, 1.54) is 0 Å². The topological polar surface area (TPSA) is 185 Å². The highest BCUT2D eigenvalue weighted by molar-refractivity contribution is 6.31. The quantitative estimate of drug-likeness (QED) is 0.110. The molecule has 350 valence electrons. The fraction of sp³-hybridized carbons (Fsp3) is 0.417. The van der Waals surface area contributed by atoms with Crippen LogP contribution in [0.15, 0.2) is 73.4 Å². The summed E-state index contributed by atoms with van der Waals surface area (Å²) >= 11 is 12.6. The molecule has 6 aromatic rings. The summed E-state index contributed by atoms with van der Waals surface area (Å²) in [5.74, 6) is 2.87. The smallest absolute Gasteiger partial charge is 0.235 e. The van der Waals surface area contributed by atoms with E-state index >= 15 is 0 Å². The summed E-state index contributed by atoms with van der Waals surface area (Å²) in [6.45, 7) is 8.00. The van der Waals surface area contributed by atoms with Crippen LogP contribution in [0.4, 0.5) is 23.0 Å². The van der Waals surface area contributed by atoms with Gasteiger partial charge in [-0.15, -0.1) is 5.10 Å². The number of hydrogen-bond donors (Lipinski definition) is 2. The summed E-state index contributed by atoms with van der Waals surface area (Å²) in [5.41, 5.74) is 4.86. The molecule has 0 radical (unpaired) electrons. The van der Waals surface area contributed by atoms with E-state index in [2.05, 4.69) is 50.4 Å². The molecular formula is C48H48Cl2N12O6. The van der Waals surface area contributed by atoms with E-state index in [0.717, 1.165) is 104 Å². The first kappa shape index (κ1) is 43.3. The Bertz CT molecular complexity index is 2740. The molecular weight excluding hydrogens is 912 g/mol. The van der Waals surface area contributed by atoms with Crippen molar-refractivity contribution in [1.82, 2.24) is 39.9 Å². The minimum atomic E-state index is -0.519. The Morgan fingerprint density at radius 2 is 1.15 bits per heavy atom. The van der Waals surface area contributed by atoms with Gasteiger partial charge < -0.3 is 29.9 Å². The number of anilines is 4. The molecule has 12 rings (SSSR count). The predicted molar refractivity (Wildman–Crippen MR) is 255 cm³/mol. The van der Waals surface area contributed by atoms with Crippen LogP contribution >= 0.6 is 23.2 Å². The van der Waals surface area contributed by atoms with Crippen molar-refractivity contribution in [3.05, 3.63) is 94.6 Å². The molecule has 0 bridgehead atoms.